The fourth-order valence-electron chi connectivity index (χ4n) is 1.62. The van der Waals surface area contributed by atoms with E-state index >= 15 is 0 Å². The number of ether oxygens (including phenoxy) is 2. The summed E-state index contributed by atoms with van der Waals surface area (Å²) in [6, 6.07) is 8.03. The van der Waals surface area contributed by atoms with Gasteiger partial charge in [-0.1, -0.05) is 23.2 Å². The molecule has 0 saturated heterocycles. The molecule has 0 atom stereocenters. The number of esters is 1. The summed E-state index contributed by atoms with van der Waals surface area (Å²) in [7, 11) is 1.10. The molecule has 0 radical (unpaired) electrons. The monoisotopic (exact) mass is 342 g/mol. The first-order chi connectivity index (χ1) is 10.4. The molecule has 0 amide bonds. The van der Waals surface area contributed by atoms with E-state index < -0.39 is 17.6 Å². The molecule has 114 valence electrons. The number of benzene rings is 2. The Morgan fingerprint density at radius 3 is 2.23 bits per heavy atom. The minimum absolute atomic E-state index is 0.0110. The van der Waals surface area contributed by atoms with Gasteiger partial charge in [0, 0.05) is 17.7 Å². The van der Waals surface area contributed by atoms with Crippen LogP contribution < -0.4 is 4.74 Å². The van der Waals surface area contributed by atoms with E-state index in [2.05, 4.69) is 4.74 Å². The van der Waals surface area contributed by atoms with Crippen molar-refractivity contribution < 1.29 is 23.5 Å². The van der Waals surface area contributed by atoms with Crippen LogP contribution >= 0.6 is 23.2 Å². The lowest BCUT2D eigenvalue weighted by Crippen LogP contribution is -2.16. The summed E-state index contributed by atoms with van der Waals surface area (Å²) in [6.07, 6.45) is 0. The fourth-order valence-corrected chi connectivity index (χ4v) is 2.00. The van der Waals surface area contributed by atoms with E-state index in [0.717, 1.165) is 13.2 Å². The predicted molar refractivity (Wildman–Crippen MR) is 79.3 cm³/mol. The maximum absolute atomic E-state index is 13.3. The van der Waals surface area contributed by atoms with Gasteiger partial charge in [-0.05, 0) is 24.3 Å². The summed E-state index contributed by atoms with van der Waals surface area (Å²) in [6.45, 7) is 0. The Balaban J connectivity index is 2.24. The van der Waals surface area contributed by atoms with E-state index in [1.165, 1.54) is 30.3 Å². The van der Waals surface area contributed by atoms with Gasteiger partial charge in [0.25, 0.3) is 5.78 Å². The van der Waals surface area contributed by atoms with Crippen LogP contribution in [-0.4, -0.2) is 18.9 Å². The van der Waals surface area contributed by atoms with Gasteiger partial charge < -0.3 is 9.47 Å². The zero-order valence-electron chi connectivity index (χ0n) is 11.2. The Kier molecular flexibility index (Phi) is 5.00. The molecule has 4 nitrogen and oxygen atoms in total. The standard InChI is InChI=1S/C15H9Cl2FO4/c1-21-15(20)14(19)10-4-2-8(6-12(10)17)22-9-3-5-11(16)13(18)7-9/h2-7H,1H3. The molecule has 0 aliphatic heterocycles. The molecule has 0 N–H and O–H groups in total. The smallest absolute Gasteiger partial charge is 0.379 e. The maximum Gasteiger partial charge on any atom is 0.379 e. The van der Waals surface area contributed by atoms with Crippen molar-refractivity contribution in [3.05, 3.63) is 57.8 Å². The maximum atomic E-state index is 13.3. The third kappa shape index (κ3) is 3.55. The van der Waals surface area contributed by atoms with Gasteiger partial charge in [-0.2, -0.15) is 0 Å². The second-order valence-electron chi connectivity index (χ2n) is 4.14. The molecule has 0 spiro atoms. The van der Waals surface area contributed by atoms with Crippen molar-refractivity contribution in [1.29, 1.82) is 0 Å². The number of halogens is 3. The fraction of sp³-hybridized carbons (Fsp3) is 0.0667. The van der Waals surface area contributed by atoms with Gasteiger partial charge in [-0.3, -0.25) is 4.79 Å². The molecule has 7 heteroatoms. The van der Waals surface area contributed by atoms with Crippen LogP contribution in [0.2, 0.25) is 10.0 Å². The largest absolute Gasteiger partial charge is 0.463 e. The molecule has 0 heterocycles. The SMILES string of the molecule is COC(=O)C(=O)c1ccc(Oc2ccc(Cl)c(F)c2)cc1Cl. The lowest BCUT2D eigenvalue weighted by atomic mass is 10.1. The number of Topliss-reactive ketones (excluding diaryl/α,β-unsaturated/α-hetero) is 1. The summed E-state index contributed by atoms with van der Waals surface area (Å²) >= 11 is 11.5. The molecule has 0 unspecified atom stereocenters. The third-order valence-electron chi connectivity index (χ3n) is 2.68. The first kappa shape index (κ1) is 16.3. The minimum Gasteiger partial charge on any atom is -0.463 e. The first-order valence-corrected chi connectivity index (χ1v) is 6.73. The number of ketones is 1. The summed E-state index contributed by atoms with van der Waals surface area (Å²) in [5, 5.41) is -0.00765. The number of hydrogen-bond donors (Lipinski definition) is 0. The Bertz CT molecular complexity index is 746. The molecule has 2 rings (SSSR count). The highest BCUT2D eigenvalue weighted by molar-refractivity contribution is 6.45. The molecule has 0 fully saturated rings. The molecule has 2 aromatic carbocycles. The minimum atomic E-state index is -1.02. The van der Waals surface area contributed by atoms with E-state index in [9.17, 15) is 14.0 Å². The van der Waals surface area contributed by atoms with Crippen LogP contribution in [0.4, 0.5) is 4.39 Å². The molecular formula is C15H9Cl2FO4. The van der Waals surface area contributed by atoms with Gasteiger partial charge in [0.1, 0.15) is 17.3 Å². The van der Waals surface area contributed by atoms with Crippen LogP contribution in [0.1, 0.15) is 10.4 Å². The van der Waals surface area contributed by atoms with Crippen molar-refractivity contribution in [2.24, 2.45) is 0 Å². The highest BCUT2D eigenvalue weighted by Crippen LogP contribution is 2.29. The van der Waals surface area contributed by atoms with Gasteiger partial charge in [-0.25, -0.2) is 9.18 Å². The van der Waals surface area contributed by atoms with Gasteiger partial charge in [0.2, 0.25) is 0 Å². The Morgan fingerprint density at radius 2 is 1.64 bits per heavy atom. The predicted octanol–water partition coefficient (Wildman–Crippen LogP) is 4.28. The van der Waals surface area contributed by atoms with Crippen molar-refractivity contribution in [3.8, 4) is 11.5 Å². The quantitative estimate of drug-likeness (QED) is 0.472. The average molecular weight is 343 g/mol. The van der Waals surface area contributed by atoms with E-state index in [1.807, 2.05) is 0 Å². The lowest BCUT2D eigenvalue weighted by molar-refractivity contribution is -0.135. The van der Waals surface area contributed by atoms with E-state index in [-0.39, 0.29) is 27.1 Å². The van der Waals surface area contributed by atoms with E-state index in [0.29, 0.717) is 0 Å². The molecule has 0 aliphatic rings. The number of carbonyl (C=O) groups is 2. The summed E-state index contributed by atoms with van der Waals surface area (Å²) in [4.78, 5) is 22.9. The normalized spacial score (nSPS) is 10.2. The molecule has 22 heavy (non-hydrogen) atoms. The lowest BCUT2D eigenvalue weighted by Gasteiger charge is -2.08. The molecular weight excluding hydrogens is 334 g/mol. The first-order valence-electron chi connectivity index (χ1n) is 5.97. The van der Waals surface area contributed by atoms with Gasteiger partial charge in [0.15, 0.2) is 0 Å². The van der Waals surface area contributed by atoms with Crippen molar-refractivity contribution in [2.45, 2.75) is 0 Å². The van der Waals surface area contributed by atoms with Crippen LogP contribution in [0.25, 0.3) is 0 Å². The second-order valence-corrected chi connectivity index (χ2v) is 4.95. The van der Waals surface area contributed by atoms with Crippen molar-refractivity contribution in [2.75, 3.05) is 7.11 Å². The van der Waals surface area contributed by atoms with Crippen LogP contribution in [0.15, 0.2) is 36.4 Å². The van der Waals surface area contributed by atoms with E-state index in [1.54, 1.807) is 0 Å². The van der Waals surface area contributed by atoms with E-state index in [4.69, 9.17) is 27.9 Å². The summed E-state index contributed by atoms with van der Waals surface area (Å²) in [5.41, 5.74) is -0.0110. The second kappa shape index (κ2) is 6.77. The van der Waals surface area contributed by atoms with Gasteiger partial charge in [0.05, 0.1) is 17.2 Å². The number of rotatable bonds is 4. The topological polar surface area (TPSA) is 52.6 Å². The van der Waals surface area contributed by atoms with Crippen LogP contribution in [-0.2, 0) is 9.53 Å². The Morgan fingerprint density at radius 1 is 1.00 bits per heavy atom. The average Bonchev–Trinajstić information content (AvgIpc) is 2.49. The zero-order valence-corrected chi connectivity index (χ0v) is 12.7. The third-order valence-corrected chi connectivity index (χ3v) is 3.30. The number of hydrogen-bond acceptors (Lipinski definition) is 4. The highest BCUT2D eigenvalue weighted by atomic mass is 35.5. The van der Waals surface area contributed by atoms with Crippen molar-refractivity contribution in [3.63, 3.8) is 0 Å². The Labute approximate surface area is 135 Å². The zero-order chi connectivity index (χ0) is 16.3. The Hall–Kier alpha value is -2.11. The van der Waals surface area contributed by atoms with Crippen LogP contribution in [0.5, 0.6) is 11.5 Å². The number of methoxy groups -OCH3 is 1. The molecule has 0 aliphatic carbocycles. The molecule has 0 saturated carbocycles. The van der Waals surface area contributed by atoms with Gasteiger partial charge >= 0.3 is 5.97 Å². The number of carbonyl (C=O) groups excluding carboxylic acids is 2. The van der Waals surface area contributed by atoms with Gasteiger partial charge in [-0.15, -0.1) is 0 Å². The van der Waals surface area contributed by atoms with Crippen LogP contribution in [0.3, 0.4) is 0 Å². The molecule has 2 aromatic rings. The summed E-state index contributed by atoms with van der Waals surface area (Å²) in [5.74, 6) is -2.02. The van der Waals surface area contributed by atoms with Crippen LogP contribution in [0, 0.1) is 5.82 Å². The highest BCUT2D eigenvalue weighted by Gasteiger charge is 2.20. The summed E-state index contributed by atoms with van der Waals surface area (Å²) < 4.78 is 23.1. The van der Waals surface area contributed by atoms with Crippen molar-refractivity contribution in [1.82, 2.24) is 0 Å². The molecule has 0 aromatic heterocycles. The molecule has 0 bridgehead atoms. The van der Waals surface area contributed by atoms with Crippen molar-refractivity contribution >= 4 is 35.0 Å².